The zero-order valence-corrected chi connectivity index (χ0v) is 10.5. The molecule has 4 heteroatoms. The van der Waals surface area contributed by atoms with Gasteiger partial charge in [0.25, 0.3) is 0 Å². The smallest absolute Gasteiger partial charge is 0.303 e. The summed E-state index contributed by atoms with van der Waals surface area (Å²) < 4.78 is 0. The Labute approximate surface area is 97.6 Å². The van der Waals surface area contributed by atoms with Crippen LogP contribution in [0.2, 0.25) is 0 Å². The molecule has 0 saturated carbocycles. The van der Waals surface area contributed by atoms with Crippen LogP contribution in [0, 0.1) is 5.92 Å². The number of carbonyl (C=O) groups excluding carboxylic acids is 1. The summed E-state index contributed by atoms with van der Waals surface area (Å²) in [5.41, 5.74) is 0. The van der Waals surface area contributed by atoms with Crippen LogP contribution in [0.25, 0.3) is 0 Å². The third-order valence-electron chi connectivity index (χ3n) is 2.93. The van der Waals surface area contributed by atoms with Gasteiger partial charge in [-0.3, -0.25) is 9.59 Å². The Hall–Kier alpha value is -1.06. The molecule has 0 aromatic rings. The van der Waals surface area contributed by atoms with Crippen LogP contribution in [0.1, 0.15) is 46.0 Å². The number of amides is 1. The summed E-state index contributed by atoms with van der Waals surface area (Å²) in [5, 5.41) is 8.48. The van der Waals surface area contributed by atoms with E-state index in [4.69, 9.17) is 5.11 Å². The molecule has 1 amide bonds. The summed E-state index contributed by atoms with van der Waals surface area (Å²) in [5.74, 6) is -0.227. The first kappa shape index (κ1) is 14.9. The van der Waals surface area contributed by atoms with E-state index in [1.807, 2.05) is 0 Å². The maximum atomic E-state index is 11.7. The first-order valence-electron chi connectivity index (χ1n) is 5.96. The van der Waals surface area contributed by atoms with Gasteiger partial charge in [0.2, 0.25) is 5.91 Å². The molecule has 0 aromatic heterocycles. The number of rotatable bonds is 8. The third kappa shape index (κ3) is 6.43. The molecular formula is C12H23NO3. The van der Waals surface area contributed by atoms with Gasteiger partial charge in [-0.05, 0) is 12.3 Å². The van der Waals surface area contributed by atoms with Crippen LogP contribution < -0.4 is 0 Å². The van der Waals surface area contributed by atoms with Crippen molar-refractivity contribution >= 4 is 11.9 Å². The highest BCUT2D eigenvalue weighted by Gasteiger charge is 2.14. The zero-order valence-electron chi connectivity index (χ0n) is 10.5. The summed E-state index contributed by atoms with van der Waals surface area (Å²) in [4.78, 5) is 23.7. The van der Waals surface area contributed by atoms with Gasteiger partial charge < -0.3 is 10.0 Å². The Morgan fingerprint density at radius 2 is 1.81 bits per heavy atom. The van der Waals surface area contributed by atoms with Gasteiger partial charge in [0.15, 0.2) is 0 Å². The zero-order chi connectivity index (χ0) is 12.6. The van der Waals surface area contributed by atoms with E-state index in [2.05, 4.69) is 13.8 Å². The highest BCUT2D eigenvalue weighted by atomic mass is 16.4. The third-order valence-corrected chi connectivity index (χ3v) is 2.93. The Bertz CT molecular complexity index is 224. The Balaban J connectivity index is 3.84. The Morgan fingerprint density at radius 3 is 2.25 bits per heavy atom. The molecule has 0 fully saturated rings. The average molecular weight is 229 g/mol. The minimum Gasteiger partial charge on any atom is -0.481 e. The highest BCUT2D eigenvalue weighted by molar-refractivity contribution is 5.76. The first-order chi connectivity index (χ1) is 7.51. The van der Waals surface area contributed by atoms with E-state index in [0.29, 0.717) is 25.3 Å². The summed E-state index contributed by atoms with van der Waals surface area (Å²) in [7, 11) is 1.74. The summed E-state index contributed by atoms with van der Waals surface area (Å²) in [6, 6.07) is 0. The topological polar surface area (TPSA) is 57.6 Å². The van der Waals surface area contributed by atoms with Crippen molar-refractivity contribution in [2.24, 2.45) is 5.92 Å². The van der Waals surface area contributed by atoms with Crippen LogP contribution in [0.4, 0.5) is 0 Å². The number of carboxylic acids is 1. The van der Waals surface area contributed by atoms with Crippen LogP contribution in [0.15, 0.2) is 0 Å². The van der Waals surface area contributed by atoms with Crippen molar-refractivity contribution < 1.29 is 14.7 Å². The number of hydrogen-bond donors (Lipinski definition) is 1. The molecule has 4 nitrogen and oxygen atoms in total. The molecule has 0 saturated heterocycles. The van der Waals surface area contributed by atoms with Crippen molar-refractivity contribution in [2.75, 3.05) is 13.6 Å². The molecule has 0 radical (unpaired) electrons. The summed E-state index contributed by atoms with van der Waals surface area (Å²) >= 11 is 0. The number of carbonyl (C=O) groups is 2. The number of nitrogens with zero attached hydrogens (tertiary/aromatic N) is 1. The first-order valence-corrected chi connectivity index (χ1v) is 5.96. The molecule has 0 aliphatic rings. The molecular weight excluding hydrogens is 206 g/mol. The fourth-order valence-corrected chi connectivity index (χ4v) is 1.57. The van der Waals surface area contributed by atoms with Crippen molar-refractivity contribution in [1.29, 1.82) is 0 Å². The predicted octanol–water partition coefficient (Wildman–Crippen LogP) is 2.14. The second-order valence-electron chi connectivity index (χ2n) is 4.20. The quantitative estimate of drug-likeness (QED) is 0.693. The lowest BCUT2D eigenvalue weighted by atomic mass is 9.99. The predicted molar refractivity (Wildman–Crippen MR) is 63.2 cm³/mol. The van der Waals surface area contributed by atoms with Crippen LogP contribution in [-0.2, 0) is 9.59 Å². The molecule has 0 heterocycles. The van der Waals surface area contributed by atoms with Gasteiger partial charge in [-0.25, -0.2) is 0 Å². The molecule has 0 spiro atoms. The SMILES string of the molecule is CCC(CC)CC(=O)N(C)CCCC(=O)O. The highest BCUT2D eigenvalue weighted by Crippen LogP contribution is 2.13. The fraction of sp³-hybridized carbons (Fsp3) is 0.833. The minimum atomic E-state index is -0.805. The maximum Gasteiger partial charge on any atom is 0.303 e. The van der Waals surface area contributed by atoms with E-state index in [1.165, 1.54) is 0 Å². The molecule has 0 bridgehead atoms. The van der Waals surface area contributed by atoms with Gasteiger partial charge in [0.1, 0.15) is 0 Å². The monoisotopic (exact) mass is 229 g/mol. The van der Waals surface area contributed by atoms with Crippen LogP contribution in [0.5, 0.6) is 0 Å². The largest absolute Gasteiger partial charge is 0.481 e. The molecule has 94 valence electrons. The van der Waals surface area contributed by atoms with Crippen LogP contribution in [0.3, 0.4) is 0 Å². The lowest BCUT2D eigenvalue weighted by Gasteiger charge is -2.19. The van der Waals surface area contributed by atoms with Gasteiger partial charge in [0, 0.05) is 26.4 Å². The number of carboxylic acid groups (broad SMARTS) is 1. The van der Waals surface area contributed by atoms with E-state index in [1.54, 1.807) is 11.9 Å². The molecule has 0 atom stereocenters. The van der Waals surface area contributed by atoms with E-state index in [0.717, 1.165) is 12.8 Å². The molecule has 0 rings (SSSR count). The second-order valence-corrected chi connectivity index (χ2v) is 4.20. The van der Waals surface area contributed by atoms with Crippen molar-refractivity contribution in [1.82, 2.24) is 4.90 Å². The second kappa shape index (κ2) is 8.13. The molecule has 0 aliphatic carbocycles. The Kier molecular flexibility index (Phi) is 7.60. The maximum absolute atomic E-state index is 11.7. The Morgan fingerprint density at radius 1 is 1.25 bits per heavy atom. The van der Waals surface area contributed by atoms with E-state index in [9.17, 15) is 9.59 Å². The number of hydrogen-bond acceptors (Lipinski definition) is 2. The average Bonchev–Trinajstić information content (AvgIpc) is 2.24. The molecule has 0 aromatic carbocycles. The van der Waals surface area contributed by atoms with Crippen molar-refractivity contribution in [3.8, 4) is 0 Å². The van der Waals surface area contributed by atoms with Gasteiger partial charge in [-0.1, -0.05) is 26.7 Å². The molecule has 16 heavy (non-hydrogen) atoms. The molecule has 1 N–H and O–H groups in total. The molecule has 0 aliphatic heterocycles. The standard InChI is InChI=1S/C12H23NO3/c1-4-10(5-2)9-11(14)13(3)8-6-7-12(15)16/h10H,4-9H2,1-3H3,(H,15,16). The van der Waals surface area contributed by atoms with Gasteiger partial charge in [0.05, 0.1) is 0 Å². The van der Waals surface area contributed by atoms with Gasteiger partial charge >= 0.3 is 5.97 Å². The summed E-state index contributed by atoms with van der Waals surface area (Å²) in [6.45, 7) is 4.71. The number of aliphatic carboxylic acids is 1. The van der Waals surface area contributed by atoms with Gasteiger partial charge in [-0.2, -0.15) is 0 Å². The van der Waals surface area contributed by atoms with Crippen LogP contribution in [-0.4, -0.2) is 35.5 Å². The summed E-state index contributed by atoms with van der Waals surface area (Å²) in [6.07, 6.45) is 3.27. The van der Waals surface area contributed by atoms with E-state index < -0.39 is 5.97 Å². The van der Waals surface area contributed by atoms with Crippen molar-refractivity contribution in [3.63, 3.8) is 0 Å². The minimum absolute atomic E-state index is 0.124. The lowest BCUT2D eigenvalue weighted by Crippen LogP contribution is -2.29. The van der Waals surface area contributed by atoms with Crippen LogP contribution >= 0.6 is 0 Å². The lowest BCUT2D eigenvalue weighted by molar-refractivity contribution is -0.138. The van der Waals surface area contributed by atoms with Crippen molar-refractivity contribution in [2.45, 2.75) is 46.0 Å². The van der Waals surface area contributed by atoms with E-state index >= 15 is 0 Å². The normalized spacial score (nSPS) is 10.5. The van der Waals surface area contributed by atoms with Gasteiger partial charge in [-0.15, -0.1) is 0 Å². The fourth-order valence-electron chi connectivity index (χ4n) is 1.57. The van der Waals surface area contributed by atoms with Crippen molar-refractivity contribution in [3.05, 3.63) is 0 Å². The molecule has 0 unspecified atom stereocenters. The van der Waals surface area contributed by atoms with E-state index in [-0.39, 0.29) is 12.3 Å².